The highest BCUT2D eigenvalue weighted by molar-refractivity contribution is 7.18. The molecule has 0 spiro atoms. The Bertz CT molecular complexity index is 866. The van der Waals surface area contributed by atoms with Crippen LogP contribution in [0.1, 0.15) is 31.7 Å². The van der Waals surface area contributed by atoms with Gasteiger partial charge in [0.25, 0.3) is 5.13 Å². The summed E-state index contributed by atoms with van der Waals surface area (Å²) in [5.41, 5.74) is 3.97. The molecule has 0 radical (unpaired) electrons. The zero-order chi connectivity index (χ0) is 18.2. The average Bonchev–Trinajstić information content (AvgIpc) is 3.16. The van der Waals surface area contributed by atoms with Crippen LogP contribution in [0, 0.1) is 0 Å². The molecule has 0 atom stereocenters. The van der Waals surface area contributed by atoms with Crippen LogP contribution in [0.2, 0.25) is 0 Å². The number of hydrogen-bond acceptors (Lipinski definition) is 6. The molecule has 0 fully saturated rings. The van der Waals surface area contributed by atoms with Crippen molar-refractivity contribution in [2.24, 2.45) is 15.2 Å². The average molecular weight is 363 g/mol. The lowest BCUT2D eigenvalue weighted by Gasteiger charge is -2.01. The molecule has 1 aromatic heterocycles. The van der Waals surface area contributed by atoms with Gasteiger partial charge in [0.1, 0.15) is 5.01 Å². The minimum absolute atomic E-state index is 0.540. The van der Waals surface area contributed by atoms with Gasteiger partial charge in [-0.05, 0) is 49.4 Å². The first-order valence-electron chi connectivity index (χ1n) is 8.70. The predicted molar refractivity (Wildman–Crippen MR) is 108 cm³/mol. The molecule has 0 aliphatic heterocycles. The van der Waals surface area contributed by atoms with Crippen molar-refractivity contribution in [2.45, 2.75) is 32.6 Å². The Labute approximate surface area is 157 Å². The van der Waals surface area contributed by atoms with Gasteiger partial charge >= 0.3 is 0 Å². The largest absolute Gasteiger partial charge is 0.265 e. The SMILES string of the molecule is C=Nc1ccc(/N=N/c2nnc(-c3ccc(CCCCC)cc3)s2)cc1. The van der Waals surface area contributed by atoms with Gasteiger partial charge in [0.05, 0.1) is 11.4 Å². The second-order valence-corrected chi connectivity index (χ2v) is 6.87. The summed E-state index contributed by atoms with van der Waals surface area (Å²) in [7, 11) is 0. The van der Waals surface area contributed by atoms with E-state index in [1.807, 2.05) is 24.3 Å². The van der Waals surface area contributed by atoms with Gasteiger partial charge in [-0.1, -0.05) is 55.4 Å². The van der Waals surface area contributed by atoms with Crippen LogP contribution in [0.3, 0.4) is 0 Å². The number of aromatic nitrogens is 2. The minimum atomic E-state index is 0.540. The Hall–Kier alpha value is -2.73. The molecular formula is C20H21N5S. The summed E-state index contributed by atoms with van der Waals surface area (Å²) in [5.74, 6) is 0. The molecule has 0 aliphatic rings. The molecule has 0 aliphatic carbocycles. The van der Waals surface area contributed by atoms with Crippen LogP contribution >= 0.6 is 11.3 Å². The summed E-state index contributed by atoms with van der Waals surface area (Å²) in [4.78, 5) is 3.85. The van der Waals surface area contributed by atoms with Gasteiger partial charge in [-0.25, -0.2) is 0 Å². The van der Waals surface area contributed by atoms with Gasteiger partial charge in [-0.15, -0.1) is 20.4 Å². The van der Waals surface area contributed by atoms with E-state index in [0.29, 0.717) is 5.13 Å². The fourth-order valence-corrected chi connectivity index (χ4v) is 3.16. The van der Waals surface area contributed by atoms with Crippen LogP contribution in [0.4, 0.5) is 16.5 Å². The molecule has 0 amide bonds. The Morgan fingerprint density at radius 3 is 2.31 bits per heavy atom. The molecule has 1 heterocycles. The first-order valence-corrected chi connectivity index (χ1v) is 9.51. The topological polar surface area (TPSA) is 62.9 Å². The van der Waals surface area contributed by atoms with Crippen molar-refractivity contribution >= 4 is 34.6 Å². The highest BCUT2D eigenvalue weighted by Gasteiger charge is 2.06. The van der Waals surface area contributed by atoms with Crippen molar-refractivity contribution in [2.75, 3.05) is 0 Å². The van der Waals surface area contributed by atoms with Crippen LogP contribution in [-0.2, 0) is 6.42 Å². The molecule has 26 heavy (non-hydrogen) atoms. The molecule has 0 saturated carbocycles. The molecule has 6 heteroatoms. The van der Waals surface area contributed by atoms with E-state index in [1.54, 1.807) is 0 Å². The second kappa shape index (κ2) is 9.10. The van der Waals surface area contributed by atoms with Crippen molar-refractivity contribution < 1.29 is 0 Å². The fraction of sp³-hybridized carbons (Fsp3) is 0.250. The number of benzene rings is 2. The number of unbranched alkanes of at least 4 members (excludes halogenated alkanes) is 2. The maximum atomic E-state index is 4.22. The van der Waals surface area contributed by atoms with Gasteiger partial charge in [0.2, 0.25) is 0 Å². The molecule has 0 N–H and O–H groups in total. The zero-order valence-corrected chi connectivity index (χ0v) is 15.6. The van der Waals surface area contributed by atoms with Crippen molar-refractivity contribution in [3.63, 3.8) is 0 Å². The van der Waals surface area contributed by atoms with Gasteiger partial charge in [-0.2, -0.15) is 0 Å². The van der Waals surface area contributed by atoms with Gasteiger partial charge in [0.15, 0.2) is 0 Å². The highest BCUT2D eigenvalue weighted by Crippen LogP contribution is 2.29. The highest BCUT2D eigenvalue weighted by atomic mass is 32.1. The maximum absolute atomic E-state index is 4.22. The monoisotopic (exact) mass is 363 g/mol. The molecule has 0 saturated heterocycles. The summed E-state index contributed by atoms with van der Waals surface area (Å²) in [5, 5.41) is 18.1. The van der Waals surface area contributed by atoms with E-state index >= 15 is 0 Å². The summed E-state index contributed by atoms with van der Waals surface area (Å²) in [6.07, 6.45) is 4.89. The number of nitrogens with zero attached hydrogens (tertiary/aromatic N) is 5. The van der Waals surface area contributed by atoms with Crippen molar-refractivity contribution in [3.05, 3.63) is 54.1 Å². The first-order chi connectivity index (χ1) is 12.8. The lowest BCUT2D eigenvalue weighted by Crippen LogP contribution is -1.85. The second-order valence-electron chi connectivity index (χ2n) is 5.92. The fourth-order valence-electron chi connectivity index (χ4n) is 2.49. The Kier molecular flexibility index (Phi) is 6.33. The minimum Gasteiger partial charge on any atom is -0.265 e. The number of azo groups is 1. The quantitative estimate of drug-likeness (QED) is 0.254. The normalized spacial score (nSPS) is 11.1. The van der Waals surface area contributed by atoms with E-state index in [2.05, 4.69) is 63.3 Å². The summed E-state index contributed by atoms with van der Waals surface area (Å²) >= 11 is 1.43. The molecule has 5 nitrogen and oxygen atoms in total. The first kappa shape index (κ1) is 18.1. The van der Waals surface area contributed by atoms with Crippen LogP contribution in [0.15, 0.2) is 63.8 Å². The molecule has 2 aromatic carbocycles. The van der Waals surface area contributed by atoms with Crippen LogP contribution in [-0.4, -0.2) is 16.9 Å². The molecule has 3 aromatic rings. The van der Waals surface area contributed by atoms with Gasteiger partial charge in [-0.3, -0.25) is 4.99 Å². The third kappa shape index (κ3) is 4.89. The lowest BCUT2D eigenvalue weighted by molar-refractivity contribution is 0.717. The Balaban J connectivity index is 1.65. The molecule has 132 valence electrons. The third-order valence-corrected chi connectivity index (χ3v) is 4.82. The predicted octanol–water partition coefficient (Wildman–Crippen LogP) is 6.69. The number of aliphatic imine (C=N–C) groups is 1. The number of hydrogen-bond donors (Lipinski definition) is 0. The summed E-state index contributed by atoms with van der Waals surface area (Å²) in [6.45, 7) is 5.71. The van der Waals surface area contributed by atoms with Crippen LogP contribution < -0.4 is 0 Å². The van der Waals surface area contributed by atoms with Crippen molar-refractivity contribution in [1.82, 2.24) is 10.2 Å². The van der Waals surface area contributed by atoms with Crippen LogP contribution in [0.25, 0.3) is 10.6 Å². The molecule has 0 unspecified atom stereocenters. The number of rotatable bonds is 8. The smallest absolute Gasteiger partial charge is 0.252 e. The van der Waals surface area contributed by atoms with Gasteiger partial charge in [0, 0.05) is 5.56 Å². The Morgan fingerprint density at radius 1 is 0.885 bits per heavy atom. The van der Waals surface area contributed by atoms with Crippen molar-refractivity contribution in [3.8, 4) is 10.6 Å². The summed E-state index contributed by atoms with van der Waals surface area (Å²) < 4.78 is 0. The molecule has 3 rings (SSSR count). The van der Waals surface area contributed by atoms with E-state index in [9.17, 15) is 0 Å². The molecule has 0 bridgehead atoms. The van der Waals surface area contributed by atoms with Gasteiger partial charge < -0.3 is 0 Å². The lowest BCUT2D eigenvalue weighted by atomic mass is 10.1. The van der Waals surface area contributed by atoms with Crippen molar-refractivity contribution in [1.29, 1.82) is 0 Å². The standard InChI is InChI=1S/C20H21N5S/c1-3-4-5-6-15-7-9-16(10-8-15)19-23-25-20(26-19)24-22-18-13-11-17(21-2)12-14-18/h7-14H,2-6H2,1H3/b24-22+. The van der Waals surface area contributed by atoms with E-state index in [1.165, 1.54) is 36.2 Å². The number of aryl methyl sites for hydroxylation is 1. The maximum Gasteiger partial charge on any atom is 0.252 e. The van der Waals surface area contributed by atoms with E-state index in [-0.39, 0.29) is 0 Å². The van der Waals surface area contributed by atoms with E-state index < -0.39 is 0 Å². The van der Waals surface area contributed by atoms with E-state index in [4.69, 9.17) is 0 Å². The molecular weight excluding hydrogens is 342 g/mol. The summed E-state index contributed by atoms with van der Waals surface area (Å²) in [6, 6.07) is 15.9. The third-order valence-electron chi connectivity index (χ3n) is 3.97. The zero-order valence-electron chi connectivity index (χ0n) is 14.8. The van der Waals surface area contributed by atoms with E-state index in [0.717, 1.165) is 28.4 Å². The Morgan fingerprint density at radius 2 is 1.62 bits per heavy atom. The van der Waals surface area contributed by atoms with Crippen LogP contribution in [0.5, 0.6) is 0 Å².